The first-order valence-electron chi connectivity index (χ1n) is 11.2. The van der Waals surface area contributed by atoms with Gasteiger partial charge in [0, 0.05) is 31.5 Å². The maximum atomic E-state index is 12.9. The summed E-state index contributed by atoms with van der Waals surface area (Å²) < 4.78 is 0. The molecule has 2 aliphatic rings. The van der Waals surface area contributed by atoms with Gasteiger partial charge < -0.3 is 14.9 Å². The molecule has 1 heterocycles. The highest BCUT2D eigenvalue weighted by molar-refractivity contribution is 5.94. The Morgan fingerprint density at radius 2 is 1.59 bits per heavy atom. The van der Waals surface area contributed by atoms with E-state index in [1.807, 2.05) is 48.5 Å². The number of carbonyl (C=O) groups is 2. The Labute approximate surface area is 189 Å². The van der Waals surface area contributed by atoms with Crippen LogP contribution in [0.25, 0.3) is 11.1 Å². The molecular weight excluding hydrogens is 402 g/mol. The summed E-state index contributed by atoms with van der Waals surface area (Å²) in [4.78, 5) is 28.2. The van der Waals surface area contributed by atoms with E-state index in [1.165, 1.54) is 0 Å². The van der Waals surface area contributed by atoms with Gasteiger partial charge in [0.25, 0.3) is 5.91 Å². The second-order valence-corrected chi connectivity index (χ2v) is 8.98. The molecule has 1 N–H and O–H groups in total. The van der Waals surface area contributed by atoms with Crippen LogP contribution in [-0.2, 0) is 4.79 Å². The minimum atomic E-state index is -0.539. The average Bonchev–Trinajstić information content (AvgIpc) is 3.34. The smallest absolute Gasteiger partial charge is 0.253 e. The highest BCUT2D eigenvalue weighted by Crippen LogP contribution is 2.43. The van der Waals surface area contributed by atoms with Crippen molar-refractivity contribution in [1.82, 2.24) is 9.80 Å². The van der Waals surface area contributed by atoms with Crippen LogP contribution < -0.4 is 0 Å². The van der Waals surface area contributed by atoms with E-state index < -0.39 is 6.04 Å². The van der Waals surface area contributed by atoms with Crippen LogP contribution in [0.3, 0.4) is 0 Å². The molecule has 3 atom stereocenters. The zero-order valence-electron chi connectivity index (χ0n) is 18.6. The second kappa shape index (κ2) is 9.13. The Balaban J connectivity index is 1.51. The number of aliphatic hydroxyl groups excluding tert-OH is 1. The van der Waals surface area contributed by atoms with E-state index in [2.05, 4.69) is 6.07 Å². The predicted octanol–water partition coefficient (Wildman–Crippen LogP) is 3.42. The zero-order valence-corrected chi connectivity index (χ0v) is 18.6. The summed E-state index contributed by atoms with van der Waals surface area (Å²) in [5.74, 6) is -0.213. The first kappa shape index (κ1) is 22.0. The quantitative estimate of drug-likeness (QED) is 0.786. The molecule has 1 saturated heterocycles. The Morgan fingerprint density at radius 1 is 1.03 bits per heavy atom. The normalized spacial score (nSPS) is 22.8. The number of amides is 2. The molecule has 2 aromatic rings. The molecule has 6 nitrogen and oxygen atoms in total. The standard InChI is InChI=1S/C26H29N3O3/c1-28(2)25(31)21-13-9-18(10-14-21)17-7-11-19(12-8-17)24-22(15-27)29(23(24)16-30)26(32)20-5-3-4-6-20/h7-14,20,22-24,30H,3-6,16H2,1-2H3/t22-,23-,24+/m0/s1. The van der Waals surface area contributed by atoms with Crippen molar-refractivity contribution in [3.8, 4) is 17.2 Å². The second-order valence-electron chi connectivity index (χ2n) is 8.98. The number of carbonyl (C=O) groups excluding carboxylic acids is 2. The molecule has 32 heavy (non-hydrogen) atoms. The molecule has 0 aromatic heterocycles. The minimum absolute atomic E-state index is 0.00873. The fourth-order valence-electron chi connectivity index (χ4n) is 5.06. The largest absolute Gasteiger partial charge is 0.394 e. The summed E-state index contributed by atoms with van der Waals surface area (Å²) in [5.41, 5.74) is 3.59. The van der Waals surface area contributed by atoms with Crippen LogP contribution in [0.4, 0.5) is 0 Å². The van der Waals surface area contributed by atoms with Gasteiger partial charge in [0.2, 0.25) is 5.91 Å². The lowest BCUT2D eigenvalue weighted by atomic mass is 9.74. The molecule has 4 rings (SSSR count). The summed E-state index contributed by atoms with van der Waals surface area (Å²) >= 11 is 0. The van der Waals surface area contributed by atoms with Crippen molar-refractivity contribution in [1.29, 1.82) is 5.26 Å². The maximum absolute atomic E-state index is 12.9. The van der Waals surface area contributed by atoms with Crippen LogP contribution in [0.1, 0.15) is 47.5 Å². The van der Waals surface area contributed by atoms with Crippen LogP contribution in [0.5, 0.6) is 0 Å². The molecule has 6 heteroatoms. The Morgan fingerprint density at radius 3 is 2.09 bits per heavy atom. The fourth-order valence-corrected chi connectivity index (χ4v) is 5.06. The SMILES string of the molecule is CN(C)C(=O)c1ccc(-c2ccc([C@@H]3[C@H](C#N)N(C(=O)C4CCCC4)[C@H]3CO)cc2)cc1. The van der Waals surface area contributed by atoms with Crippen molar-refractivity contribution in [2.24, 2.45) is 5.92 Å². The van der Waals surface area contributed by atoms with Gasteiger partial charge in [-0.3, -0.25) is 9.59 Å². The molecule has 2 amide bonds. The molecule has 166 valence electrons. The van der Waals surface area contributed by atoms with Gasteiger partial charge in [-0.05, 0) is 41.7 Å². The maximum Gasteiger partial charge on any atom is 0.253 e. The van der Waals surface area contributed by atoms with Gasteiger partial charge in [-0.2, -0.15) is 5.26 Å². The number of nitriles is 1. The monoisotopic (exact) mass is 431 g/mol. The third-order valence-electron chi connectivity index (χ3n) is 6.86. The molecule has 0 radical (unpaired) electrons. The summed E-state index contributed by atoms with van der Waals surface area (Å²) in [6, 6.07) is 16.8. The van der Waals surface area contributed by atoms with Crippen molar-refractivity contribution in [3.63, 3.8) is 0 Å². The first-order valence-corrected chi connectivity index (χ1v) is 11.2. The van der Waals surface area contributed by atoms with E-state index in [9.17, 15) is 20.0 Å². The molecule has 0 unspecified atom stereocenters. The van der Waals surface area contributed by atoms with E-state index in [0.717, 1.165) is 42.4 Å². The molecule has 2 fully saturated rings. The number of rotatable bonds is 5. The molecule has 1 aliphatic heterocycles. The average molecular weight is 432 g/mol. The van der Waals surface area contributed by atoms with Crippen LogP contribution in [-0.4, -0.2) is 59.5 Å². The fraction of sp³-hybridized carbons (Fsp3) is 0.423. The molecular formula is C26H29N3O3. The van der Waals surface area contributed by atoms with E-state index in [4.69, 9.17) is 0 Å². The summed E-state index contributed by atoms with van der Waals surface area (Å²) in [6.45, 7) is -0.148. The topological polar surface area (TPSA) is 84.6 Å². The van der Waals surface area contributed by atoms with Crippen molar-refractivity contribution in [2.45, 2.75) is 43.7 Å². The first-order chi connectivity index (χ1) is 15.5. The number of likely N-dealkylation sites (tertiary alicyclic amines) is 1. The summed E-state index contributed by atoms with van der Waals surface area (Å²) in [6.07, 6.45) is 3.87. The lowest BCUT2D eigenvalue weighted by Crippen LogP contribution is -2.66. The molecule has 1 saturated carbocycles. The van der Waals surface area contributed by atoms with Gasteiger partial charge in [0.1, 0.15) is 6.04 Å². The number of hydrogen-bond donors (Lipinski definition) is 1. The Hall–Kier alpha value is -3.17. The van der Waals surface area contributed by atoms with Gasteiger partial charge in [0.15, 0.2) is 0 Å². The van der Waals surface area contributed by atoms with Crippen molar-refractivity contribution >= 4 is 11.8 Å². The summed E-state index contributed by atoms with van der Waals surface area (Å²) in [5, 5.41) is 19.8. The number of nitrogens with zero attached hydrogens (tertiary/aromatic N) is 3. The van der Waals surface area contributed by atoms with E-state index >= 15 is 0 Å². The number of hydrogen-bond acceptors (Lipinski definition) is 4. The predicted molar refractivity (Wildman–Crippen MR) is 122 cm³/mol. The Kier molecular flexibility index (Phi) is 6.29. The van der Waals surface area contributed by atoms with Crippen molar-refractivity contribution in [2.75, 3.05) is 20.7 Å². The lowest BCUT2D eigenvalue weighted by Gasteiger charge is -2.52. The van der Waals surface area contributed by atoms with Crippen LogP contribution in [0.2, 0.25) is 0 Å². The van der Waals surface area contributed by atoms with Crippen LogP contribution in [0.15, 0.2) is 48.5 Å². The molecule has 1 aliphatic carbocycles. The van der Waals surface area contributed by atoms with Crippen LogP contribution in [0, 0.1) is 17.2 Å². The van der Waals surface area contributed by atoms with Gasteiger partial charge in [-0.1, -0.05) is 49.2 Å². The van der Waals surface area contributed by atoms with Gasteiger partial charge >= 0.3 is 0 Å². The summed E-state index contributed by atoms with van der Waals surface area (Å²) in [7, 11) is 3.46. The highest BCUT2D eigenvalue weighted by atomic mass is 16.3. The number of benzene rings is 2. The molecule has 0 bridgehead atoms. The lowest BCUT2D eigenvalue weighted by molar-refractivity contribution is -0.151. The zero-order chi connectivity index (χ0) is 22.8. The van der Waals surface area contributed by atoms with Crippen molar-refractivity contribution in [3.05, 3.63) is 59.7 Å². The molecule has 2 aromatic carbocycles. The third-order valence-corrected chi connectivity index (χ3v) is 6.86. The van der Waals surface area contributed by atoms with Crippen LogP contribution >= 0.6 is 0 Å². The van der Waals surface area contributed by atoms with Gasteiger partial charge in [-0.25, -0.2) is 0 Å². The Bertz CT molecular complexity index is 1020. The number of aliphatic hydroxyl groups is 1. The minimum Gasteiger partial charge on any atom is -0.394 e. The molecule has 0 spiro atoms. The highest BCUT2D eigenvalue weighted by Gasteiger charge is 2.52. The van der Waals surface area contributed by atoms with Gasteiger partial charge in [-0.15, -0.1) is 0 Å². The van der Waals surface area contributed by atoms with E-state index in [0.29, 0.717) is 5.56 Å². The van der Waals surface area contributed by atoms with Gasteiger partial charge in [0.05, 0.1) is 18.7 Å². The van der Waals surface area contributed by atoms with Crippen molar-refractivity contribution < 1.29 is 14.7 Å². The van der Waals surface area contributed by atoms with E-state index in [-0.39, 0.29) is 36.3 Å². The third kappa shape index (κ3) is 3.89. The van der Waals surface area contributed by atoms with E-state index in [1.54, 1.807) is 23.9 Å².